The highest BCUT2D eigenvalue weighted by Crippen LogP contribution is 2.46. The Hall–Kier alpha value is -1.11. The van der Waals surface area contributed by atoms with Crippen LogP contribution in [0.1, 0.15) is 96.0 Å². The highest BCUT2D eigenvalue weighted by molar-refractivity contribution is 5.66. The van der Waals surface area contributed by atoms with Crippen molar-refractivity contribution < 1.29 is 4.39 Å². The standard InChI is InChI=1S/C27H39F/c1-2-3-20-4-6-21(7-5-20)22-8-10-23(11-9-22)24-12-14-25(15-13-24)26-16-18-27(28)19-17-26/h14,16-24H,2-13,15H2,1H3/t20-,21-,22?,23?,24?. The van der Waals surface area contributed by atoms with Gasteiger partial charge in [0.25, 0.3) is 0 Å². The number of halogens is 1. The average Bonchev–Trinajstić information content (AvgIpc) is 2.75. The molecule has 0 N–H and O–H groups in total. The van der Waals surface area contributed by atoms with Gasteiger partial charge in [-0.3, -0.25) is 0 Å². The zero-order valence-corrected chi connectivity index (χ0v) is 17.8. The number of hydrogen-bond acceptors (Lipinski definition) is 0. The Morgan fingerprint density at radius 2 is 1.32 bits per heavy atom. The first-order valence-electron chi connectivity index (χ1n) is 12.2. The van der Waals surface area contributed by atoms with E-state index in [1.54, 1.807) is 12.1 Å². The zero-order chi connectivity index (χ0) is 19.3. The van der Waals surface area contributed by atoms with Crippen LogP contribution in [0, 0.1) is 35.4 Å². The molecular weight excluding hydrogens is 343 g/mol. The summed E-state index contributed by atoms with van der Waals surface area (Å²) in [5, 5.41) is 0. The van der Waals surface area contributed by atoms with Gasteiger partial charge in [-0.2, -0.15) is 0 Å². The smallest absolute Gasteiger partial charge is 0.123 e. The second-order valence-electron chi connectivity index (χ2n) is 10.0. The van der Waals surface area contributed by atoms with Crippen molar-refractivity contribution in [2.45, 2.75) is 90.4 Å². The molecule has 2 saturated carbocycles. The van der Waals surface area contributed by atoms with Gasteiger partial charge in [0, 0.05) is 0 Å². The number of hydrogen-bond donors (Lipinski definition) is 0. The van der Waals surface area contributed by atoms with Crippen LogP contribution in [0.2, 0.25) is 0 Å². The maximum absolute atomic E-state index is 13.2. The maximum atomic E-state index is 13.2. The van der Waals surface area contributed by atoms with Gasteiger partial charge < -0.3 is 0 Å². The van der Waals surface area contributed by atoms with Crippen molar-refractivity contribution in [2.75, 3.05) is 0 Å². The van der Waals surface area contributed by atoms with Crippen LogP contribution in [0.4, 0.5) is 4.39 Å². The van der Waals surface area contributed by atoms with Gasteiger partial charge in [0.15, 0.2) is 0 Å². The number of allylic oxidation sites excluding steroid dienone is 2. The second kappa shape index (κ2) is 9.59. The summed E-state index contributed by atoms with van der Waals surface area (Å²) >= 11 is 0. The molecule has 0 nitrogen and oxygen atoms in total. The summed E-state index contributed by atoms with van der Waals surface area (Å²) in [5.74, 6) is 4.85. The Balaban J connectivity index is 1.23. The minimum absolute atomic E-state index is 0.131. The van der Waals surface area contributed by atoms with Gasteiger partial charge in [-0.1, -0.05) is 50.8 Å². The Bertz CT molecular complexity index is 627. The number of benzene rings is 1. The largest absolute Gasteiger partial charge is 0.207 e. The molecular formula is C27H39F. The molecule has 1 unspecified atom stereocenters. The van der Waals surface area contributed by atoms with Gasteiger partial charge >= 0.3 is 0 Å². The van der Waals surface area contributed by atoms with E-state index in [9.17, 15) is 4.39 Å². The van der Waals surface area contributed by atoms with Crippen molar-refractivity contribution in [2.24, 2.45) is 29.6 Å². The molecule has 1 atom stereocenters. The summed E-state index contributed by atoms with van der Waals surface area (Å²) in [6.07, 6.45) is 21.1. The molecule has 1 heteroatoms. The zero-order valence-electron chi connectivity index (χ0n) is 17.8. The van der Waals surface area contributed by atoms with Crippen LogP contribution in [-0.2, 0) is 0 Å². The van der Waals surface area contributed by atoms with E-state index in [0.717, 1.165) is 29.6 Å². The van der Waals surface area contributed by atoms with Gasteiger partial charge in [0.05, 0.1) is 0 Å². The molecule has 4 rings (SSSR count). The van der Waals surface area contributed by atoms with Crippen LogP contribution in [0.3, 0.4) is 0 Å². The van der Waals surface area contributed by atoms with Crippen LogP contribution in [0.15, 0.2) is 30.3 Å². The summed E-state index contributed by atoms with van der Waals surface area (Å²) in [6.45, 7) is 2.34. The van der Waals surface area contributed by atoms with Gasteiger partial charge in [-0.05, 0) is 111 Å². The summed E-state index contributed by atoms with van der Waals surface area (Å²) in [6, 6.07) is 7.09. The van der Waals surface area contributed by atoms with E-state index in [2.05, 4.69) is 13.0 Å². The monoisotopic (exact) mass is 382 g/mol. The molecule has 0 aliphatic heterocycles. The van der Waals surface area contributed by atoms with E-state index in [-0.39, 0.29) is 5.82 Å². The van der Waals surface area contributed by atoms with Gasteiger partial charge in [0.1, 0.15) is 5.82 Å². The lowest BCUT2D eigenvalue weighted by atomic mass is 9.65. The third-order valence-electron chi connectivity index (χ3n) is 8.40. The average molecular weight is 383 g/mol. The molecule has 154 valence electrons. The van der Waals surface area contributed by atoms with Crippen molar-refractivity contribution in [3.8, 4) is 0 Å². The maximum Gasteiger partial charge on any atom is 0.123 e. The number of rotatable bonds is 5. The molecule has 0 radical (unpaired) electrons. The minimum Gasteiger partial charge on any atom is -0.207 e. The molecule has 0 aromatic heterocycles. The Morgan fingerprint density at radius 3 is 1.86 bits per heavy atom. The third kappa shape index (κ3) is 4.89. The van der Waals surface area contributed by atoms with E-state index < -0.39 is 0 Å². The van der Waals surface area contributed by atoms with Crippen LogP contribution in [0.25, 0.3) is 5.57 Å². The van der Waals surface area contributed by atoms with Gasteiger partial charge in [-0.15, -0.1) is 0 Å². The Labute approximate surface area is 172 Å². The summed E-state index contributed by atoms with van der Waals surface area (Å²) in [7, 11) is 0. The van der Waals surface area contributed by atoms with E-state index in [1.807, 2.05) is 12.1 Å². The van der Waals surface area contributed by atoms with E-state index >= 15 is 0 Å². The molecule has 3 aliphatic carbocycles. The van der Waals surface area contributed by atoms with Crippen LogP contribution in [-0.4, -0.2) is 0 Å². The summed E-state index contributed by atoms with van der Waals surface area (Å²) < 4.78 is 13.2. The Morgan fingerprint density at radius 1 is 0.750 bits per heavy atom. The molecule has 1 aromatic rings. The molecule has 28 heavy (non-hydrogen) atoms. The highest BCUT2D eigenvalue weighted by atomic mass is 19.1. The molecule has 0 spiro atoms. The van der Waals surface area contributed by atoms with E-state index in [1.165, 1.54) is 94.6 Å². The summed E-state index contributed by atoms with van der Waals surface area (Å²) in [4.78, 5) is 0. The SMILES string of the molecule is CCC[C@H]1CC[C@H](C2CCC(C3CC=C(c4ccc(F)cc4)CC3)CC2)CC1. The lowest BCUT2D eigenvalue weighted by Gasteiger charge is -2.40. The van der Waals surface area contributed by atoms with Crippen molar-refractivity contribution in [3.05, 3.63) is 41.7 Å². The first-order valence-corrected chi connectivity index (χ1v) is 12.2. The fraction of sp³-hybridized carbons (Fsp3) is 0.704. The van der Waals surface area contributed by atoms with E-state index in [0.29, 0.717) is 0 Å². The normalized spacial score (nSPS) is 34.1. The predicted molar refractivity (Wildman–Crippen MR) is 118 cm³/mol. The Kier molecular flexibility index (Phi) is 6.91. The molecule has 2 fully saturated rings. The third-order valence-corrected chi connectivity index (χ3v) is 8.40. The van der Waals surface area contributed by atoms with Crippen LogP contribution >= 0.6 is 0 Å². The fourth-order valence-electron chi connectivity index (χ4n) is 6.65. The topological polar surface area (TPSA) is 0 Å². The quantitative estimate of drug-likeness (QED) is 0.479. The first kappa shape index (κ1) is 20.2. The molecule has 1 aromatic carbocycles. The molecule has 0 heterocycles. The first-order chi connectivity index (χ1) is 13.7. The lowest BCUT2D eigenvalue weighted by Crippen LogP contribution is -2.28. The molecule has 0 saturated heterocycles. The van der Waals surface area contributed by atoms with Gasteiger partial charge in [-0.25, -0.2) is 4.39 Å². The van der Waals surface area contributed by atoms with Crippen LogP contribution in [0.5, 0.6) is 0 Å². The molecule has 0 bridgehead atoms. The fourth-order valence-corrected chi connectivity index (χ4v) is 6.65. The van der Waals surface area contributed by atoms with Crippen molar-refractivity contribution in [1.82, 2.24) is 0 Å². The predicted octanol–water partition coefficient (Wildman–Crippen LogP) is 8.42. The van der Waals surface area contributed by atoms with Crippen LogP contribution < -0.4 is 0 Å². The van der Waals surface area contributed by atoms with Crippen molar-refractivity contribution >= 4 is 5.57 Å². The molecule has 0 amide bonds. The lowest BCUT2D eigenvalue weighted by molar-refractivity contribution is 0.121. The van der Waals surface area contributed by atoms with Crippen molar-refractivity contribution in [3.63, 3.8) is 0 Å². The highest BCUT2D eigenvalue weighted by Gasteiger charge is 2.33. The van der Waals surface area contributed by atoms with Gasteiger partial charge in [0.2, 0.25) is 0 Å². The summed E-state index contributed by atoms with van der Waals surface area (Å²) in [5.41, 5.74) is 2.66. The van der Waals surface area contributed by atoms with E-state index in [4.69, 9.17) is 0 Å². The minimum atomic E-state index is -0.131. The second-order valence-corrected chi connectivity index (χ2v) is 10.0. The molecule has 3 aliphatic rings. The van der Waals surface area contributed by atoms with Crippen molar-refractivity contribution in [1.29, 1.82) is 0 Å².